The molecule has 0 saturated heterocycles. The number of rotatable bonds is 10. The summed E-state index contributed by atoms with van der Waals surface area (Å²) in [5.74, 6) is -56.7. The summed E-state index contributed by atoms with van der Waals surface area (Å²) < 4.78 is 226. The van der Waals surface area contributed by atoms with Gasteiger partial charge in [0.15, 0.2) is 11.2 Å². The first-order valence-electron chi connectivity index (χ1n) is 9.76. The number of halogens is 17. The van der Waals surface area contributed by atoms with Crippen LogP contribution in [0.25, 0.3) is 0 Å². The van der Waals surface area contributed by atoms with Crippen LogP contribution in [-0.2, 0) is 6.54 Å². The predicted octanol–water partition coefficient (Wildman–Crippen LogP) is 6.41. The zero-order valence-corrected chi connectivity index (χ0v) is 19.2. The highest BCUT2D eigenvalue weighted by Crippen LogP contribution is 2.64. The molecule has 0 amide bonds. The van der Waals surface area contributed by atoms with Gasteiger partial charge in [-0.25, -0.2) is 4.74 Å². The number of aryl methyl sites for hydroxylation is 1. The first kappa shape index (κ1) is 34.4. The Labute approximate surface area is 205 Å². The van der Waals surface area contributed by atoms with E-state index in [1.54, 1.807) is 0 Å². The van der Waals surface area contributed by atoms with Crippen molar-refractivity contribution in [3.05, 3.63) is 17.1 Å². The average Bonchev–Trinajstić information content (AvgIpc) is 3.17. The van der Waals surface area contributed by atoms with Crippen LogP contribution < -0.4 is 0 Å². The van der Waals surface area contributed by atoms with E-state index in [-0.39, 0.29) is 9.42 Å². The first-order valence-corrected chi connectivity index (χ1v) is 9.76. The van der Waals surface area contributed by atoms with Crippen molar-refractivity contribution in [3.63, 3.8) is 0 Å². The van der Waals surface area contributed by atoms with E-state index >= 15 is 0 Å². The molecule has 0 radical (unpaired) electrons. The molecule has 1 aromatic heterocycles. The molecule has 0 unspecified atom stereocenters. The van der Waals surface area contributed by atoms with E-state index in [1.165, 1.54) is 20.8 Å². The largest absolute Gasteiger partial charge is 0.623 e. The summed E-state index contributed by atoms with van der Waals surface area (Å²) in [5, 5.41) is 18.0. The van der Waals surface area contributed by atoms with Crippen molar-refractivity contribution in [2.75, 3.05) is 0 Å². The Morgan fingerprint density at radius 2 is 1.08 bits per heavy atom. The fourth-order valence-electron chi connectivity index (χ4n) is 2.40. The van der Waals surface area contributed by atoms with Crippen LogP contribution in [0.1, 0.15) is 32.9 Å². The molecule has 39 heavy (non-hydrogen) atoms. The summed E-state index contributed by atoms with van der Waals surface area (Å²) in [5.41, 5.74) is -1.54. The van der Waals surface area contributed by atoms with Crippen molar-refractivity contribution in [1.82, 2.24) is 15.0 Å². The molecule has 0 bridgehead atoms. The van der Waals surface area contributed by atoms with E-state index in [0.717, 1.165) is 0 Å². The molecule has 0 aliphatic rings. The Balaban J connectivity index is 3.37. The van der Waals surface area contributed by atoms with Gasteiger partial charge in [-0.2, -0.15) is 74.6 Å². The van der Waals surface area contributed by atoms with E-state index in [9.17, 15) is 79.8 Å². The molecule has 0 saturated carbocycles. The molecule has 0 atom stereocenters. The van der Waals surface area contributed by atoms with Crippen LogP contribution >= 0.6 is 0 Å². The SMILES string of the molecule is CC(C)(C)/[N+]([O-])=C/c1cn(CCC(F)(F)C(F)(F)C(F)(F)C(F)(F)C(F)(F)C(F)(F)C(F)(F)C(F)(F)F)nn1. The maximum atomic E-state index is 13.9. The van der Waals surface area contributed by atoms with Crippen LogP contribution in [0.2, 0.25) is 0 Å². The summed E-state index contributed by atoms with van der Waals surface area (Å²) in [4.78, 5) is 0. The van der Waals surface area contributed by atoms with E-state index < -0.39 is 71.8 Å². The standard InChI is InChI=1S/C17H15F17N4O/c1-9(2,3)38(39)7-8-6-37(36-35-8)5-4-10(18,19)11(20,21)12(22,23)13(24,25)14(26,27)15(28,29)16(30,31)17(32,33)34/h6-7H,4-5H2,1-3H3/b38-7-. The Morgan fingerprint density at radius 1 is 0.692 bits per heavy atom. The number of nitrogens with zero attached hydrogens (tertiary/aromatic N) is 4. The summed E-state index contributed by atoms with van der Waals surface area (Å²) in [6, 6.07) is 0. The highest BCUT2D eigenvalue weighted by Gasteiger charge is 2.95. The average molecular weight is 614 g/mol. The second-order valence-electron chi connectivity index (χ2n) is 8.93. The zero-order chi connectivity index (χ0) is 31.5. The summed E-state index contributed by atoms with van der Waals surface area (Å²) >= 11 is 0. The Bertz CT molecular complexity index is 1050. The van der Waals surface area contributed by atoms with Crippen LogP contribution in [0.3, 0.4) is 0 Å². The zero-order valence-electron chi connectivity index (χ0n) is 19.2. The van der Waals surface area contributed by atoms with Crippen LogP contribution in [0.4, 0.5) is 74.6 Å². The monoisotopic (exact) mass is 614 g/mol. The lowest BCUT2D eigenvalue weighted by Crippen LogP contribution is -2.74. The van der Waals surface area contributed by atoms with Gasteiger partial charge in [-0.3, -0.25) is 4.68 Å². The lowest BCUT2D eigenvalue weighted by molar-refractivity contribution is -0.530. The van der Waals surface area contributed by atoms with E-state index in [4.69, 9.17) is 0 Å². The van der Waals surface area contributed by atoms with Crippen molar-refractivity contribution in [3.8, 4) is 0 Å². The number of hydroxylamine groups is 1. The lowest BCUT2D eigenvalue weighted by atomic mass is 9.88. The molecule has 1 rings (SSSR count). The quantitative estimate of drug-likeness (QED) is 0.101. The summed E-state index contributed by atoms with van der Waals surface area (Å²) in [6.45, 7) is 2.48. The Morgan fingerprint density at radius 3 is 1.46 bits per heavy atom. The van der Waals surface area contributed by atoms with Crippen LogP contribution in [-0.4, -0.2) is 79.1 Å². The molecule has 228 valence electrons. The van der Waals surface area contributed by atoms with Crippen LogP contribution in [0.5, 0.6) is 0 Å². The molecular weight excluding hydrogens is 599 g/mol. The maximum Gasteiger partial charge on any atom is 0.460 e. The third-order valence-corrected chi connectivity index (χ3v) is 4.91. The predicted molar refractivity (Wildman–Crippen MR) is 93.9 cm³/mol. The van der Waals surface area contributed by atoms with Crippen molar-refractivity contribution < 1.29 is 79.4 Å². The molecule has 0 spiro atoms. The van der Waals surface area contributed by atoms with Gasteiger partial charge in [0.05, 0.1) is 6.20 Å². The van der Waals surface area contributed by atoms with Gasteiger partial charge in [-0.15, -0.1) is 5.10 Å². The minimum absolute atomic E-state index is 0.148. The third-order valence-electron chi connectivity index (χ3n) is 4.91. The fourth-order valence-corrected chi connectivity index (χ4v) is 2.40. The Kier molecular flexibility index (Phi) is 8.40. The molecule has 22 heteroatoms. The highest BCUT2D eigenvalue weighted by molar-refractivity contribution is 5.71. The molecular formula is C17H15F17N4O. The van der Waals surface area contributed by atoms with Gasteiger partial charge in [-0.1, -0.05) is 5.21 Å². The summed E-state index contributed by atoms with van der Waals surface area (Å²) in [6.07, 6.45) is -9.26. The highest BCUT2D eigenvalue weighted by atomic mass is 19.4. The van der Waals surface area contributed by atoms with Crippen molar-refractivity contribution in [2.24, 2.45) is 0 Å². The lowest BCUT2D eigenvalue weighted by Gasteiger charge is -2.42. The van der Waals surface area contributed by atoms with Crippen LogP contribution in [0.15, 0.2) is 6.20 Å². The minimum atomic E-state index is -8.67. The minimum Gasteiger partial charge on any atom is -0.623 e. The Hall–Kier alpha value is -2.58. The van der Waals surface area contributed by atoms with E-state index in [1.807, 2.05) is 0 Å². The van der Waals surface area contributed by atoms with Gasteiger partial charge in [0, 0.05) is 33.7 Å². The van der Waals surface area contributed by atoms with Gasteiger partial charge < -0.3 is 5.21 Å². The fraction of sp³-hybridized carbons (Fsp3) is 0.824. The van der Waals surface area contributed by atoms with Crippen LogP contribution in [0, 0.1) is 5.21 Å². The molecule has 1 heterocycles. The first-order chi connectivity index (χ1) is 16.8. The molecule has 0 aliphatic heterocycles. The molecule has 0 aliphatic carbocycles. The molecule has 1 aromatic rings. The molecule has 0 N–H and O–H groups in total. The summed E-state index contributed by atoms with van der Waals surface area (Å²) in [7, 11) is 0. The second-order valence-corrected chi connectivity index (χ2v) is 8.93. The van der Waals surface area contributed by atoms with Gasteiger partial charge in [0.25, 0.3) is 0 Å². The molecule has 0 aromatic carbocycles. The van der Waals surface area contributed by atoms with Crippen molar-refractivity contribution >= 4 is 6.21 Å². The third kappa shape index (κ3) is 5.42. The number of aromatic nitrogens is 3. The normalized spacial score (nSPS) is 16.2. The van der Waals surface area contributed by atoms with Gasteiger partial charge in [-0.05, 0) is 0 Å². The van der Waals surface area contributed by atoms with Gasteiger partial charge in [0.1, 0.15) is 0 Å². The smallest absolute Gasteiger partial charge is 0.460 e. The second kappa shape index (κ2) is 9.51. The van der Waals surface area contributed by atoms with Gasteiger partial charge >= 0.3 is 47.6 Å². The molecule has 5 nitrogen and oxygen atoms in total. The van der Waals surface area contributed by atoms with Crippen molar-refractivity contribution in [2.45, 2.75) is 86.9 Å². The van der Waals surface area contributed by atoms with Gasteiger partial charge in [0.2, 0.25) is 6.21 Å². The van der Waals surface area contributed by atoms with E-state index in [0.29, 0.717) is 12.4 Å². The van der Waals surface area contributed by atoms with Crippen molar-refractivity contribution in [1.29, 1.82) is 0 Å². The number of hydrogen-bond donors (Lipinski definition) is 0. The van der Waals surface area contributed by atoms with E-state index in [2.05, 4.69) is 10.3 Å². The molecule has 0 fully saturated rings. The number of alkyl halides is 17. The topological polar surface area (TPSA) is 56.8 Å². The maximum absolute atomic E-state index is 13.9. The number of hydrogen-bond acceptors (Lipinski definition) is 3.